The van der Waals surface area contributed by atoms with Gasteiger partial charge in [0.05, 0.1) is 22.9 Å². The van der Waals surface area contributed by atoms with E-state index in [9.17, 15) is 5.26 Å². The first-order valence-corrected chi connectivity index (χ1v) is 6.35. The van der Waals surface area contributed by atoms with Crippen molar-refractivity contribution in [1.82, 2.24) is 4.98 Å². The normalized spacial score (nSPS) is 9.81. The highest BCUT2D eigenvalue weighted by Gasteiger charge is 2.04. The van der Waals surface area contributed by atoms with Gasteiger partial charge in [0.25, 0.3) is 0 Å². The Hall–Kier alpha value is -3.37. The highest BCUT2D eigenvalue weighted by Crippen LogP contribution is 2.24. The zero-order chi connectivity index (χ0) is 14.7. The van der Waals surface area contributed by atoms with Gasteiger partial charge in [-0.3, -0.25) is 4.98 Å². The third-order valence-electron chi connectivity index (χ3n) is 3.19. The maximum atomic E-state index is 9.18. The van der Waals surface area contributed by atoms with Crippen molar-refractivity contribution < 1.29 is 0 Å². The molecule has 0 spiro atoms. The number of pyridine rings is 1. The van der Waals surface area contributed by atoms with E-state index >= 15 is 0 Å². The first kappa shape index (κ1) is 12.7. The van der Waals surface area contributed by atoms with Gasteiger partial charge in [0.15, 0.2) is 0 Å². The van der Waals surface area contributed by atoms with Crippen LogP contribution in [-0.2, 0) is 0 Å². The predicted molar refractivity (Wildman–Crippen MR) is 80.9 cm³/mol. The fourth-order valence-electron chi connectivity index (χ4n) is 2.13. The number of nitriles is 2. The van der Waals surface area contributed by atoms with E-state index in [4.69, 9.17) is 5.26 Å². The SMILES string of the molecule is N#Cc1ccc(Nc2ccc3cnccc3c2)c(C#N)c1. The summed E-state index contributed by atoms with van der Waals surface area (Å²) >= 11 is 0. The van der Waals surface area contributed by atoms with Crippen LogP contribution < -0.4 is 5.32 Å². The molecule has 1 N–H and O–H groups in total. The first-order chi connectivity index (χ1) is 10.3. The molecule has 0 atom stereocenters. The summed E-state index contributed by atoms with van der Waals surface area (Å²) in [6.45, 7) is 0. The van der Waals surface area contributed by atoms with Gasteiger partial charge < -0.3 is 5.32 Å². The monoisotopic (exact) mass is 270 g/mol. The minimum absolute atomic E-state index is 0.448. The molecule has 1 aromatic heterocycles. The van der Waals surface area contributed by atoms with Crippen LogP contribution in [0.5, 0.6) is 0 Å². The summed E-state index contributed by atoms with van der Waals surface area (Å²) < 4.78 is 0. The summed E-state index contributed by atoms with van der Waals surface area (Å²) in [5.41, 5.74) is 2.49. The second-order valence-electron chi connectivity index (χ2n) is 4.55. The van der Waals surface area contributed by atoms with E-state index in [1.54, 1.807) is 24.4 Å². The van der Waals surface area contributed by atoms with E-state index in [0.717, 1.165) is 16.5 Å². The number of anilines is 2. The lowest BCUT2D eigenvalue weighted by atomic mass is 10.1. The zero-order valence-corrected chi connectivity index (χ0v) is 11.0. The molecule has 0 saturated carbocycles. The Balaban J connectivity index is 1.99. The fourth-order valence-corrected chi connectivity index (χ4v) is 2.13. The fraction of sp³-hybridized carbons (Fsp3) is 0. The van der Waals surface area contributed by atoms with Crippen molar-refractivity contribution in [2.24, 2.45) is 0 Å². The number of fused-ring (bicyclic) bond motifs is 1. The van der Waals surface area contributed by atoms with E-state index in [0.29, 0.717) is 16.8 Å². The van der Waals surface area contributed by atoms with E-state index in [1.807, 2.05) is 36.5 Å². The molecular weight excluding hydrogens is 260 g/mol. The van der Waals surface area contributed by atoms with Gasteiger partial charge in [-0.1, -0.05) is 6.07 Å². The van der Waals surface area contributed by atoms with Gasteiger partial charge in [0, 0.05) is 23.5 Å². The third-order valence-corrected chi connectivity index (χ3v) is 3.19. The van der Waals surface area contributed by atoms with E-state index in [2.05, 4.69) is 16.4 Å². The standard InChI is InChI=1S/C17H10N4/c18-9-12-1-4-17(15(7-12)10-19)21-16-3-2-14-11-20-6-5-13(14)8-16/h1-8,11,21H. The van der Waals surface area contributed by atoms with Crippen LogP contribution in [0.15, 0.2) is 54.9 Å². The van der Waals surface area contributed by atoms with Crippen molar-refractivity contribution in [1.29, 1.82) is 10.5 Å². The molecule has 4 nitrogen and oxygen atoms in total. The van der Waals surface area contributed by atoms with E-state index in [1.165, 1.54) is 0 Å². The number of nitrogens with zero attached hydrogens (tertiary/aromatic N) is 3. The summed E-state index contributed by atoms with van der Waals surface area (Å²) in [5, 5.41) is 23.4. The van der Waals surface area contributed by atoms with Gasteiger partial charge in [0.2, 0.25) is 0 Å². The second kappa shape index (κ2) is 5.32. The van der Waals surface area contributed by atoms with Crippen molar-refractivity contribution in [2.45, 2.75) is 0 Å². The van der Waals surface area contributed by atoms with Gasteiger partial charge in [-0.15, -0.1) is 0 Å². The molecule has 0 aliphatic heterocycles. The topological polar surface area (TPSA) is 72.5 Å². The van der Waals surface area contributed by atoms with Gasteiger partial charge >= 0.3 is 0 Å². The zero-order valence-electron chi connectivity index (χ0n) is 11.0. The molecule has 2 aromatic carbocycles. The molecule has 3 rings (SSSR count). The summed E-state index contributed by atoms with van der Waals surface area (Å²) in [6, 6.07) is 17.0. The van der Waals surface area contributed by atoms with E-state index < -0.39 is 0 Å². The van der Waals surface area contributed by atoms with Crippen molar-refractivity contribution in [3.8, 4) is 12.1 Å². The number of hydrogen-bond acceptors (Lipinski definition) is 4. The van der Waals surface area contributed by atoms with Crippen LogP contribution in [0.3, 0.4) is 0 Å². The van der Waals surface area contributed by atoms with Crippen LogP contribution in [0.2, 0.25) is 0 Å². The molecule has 0 amide bonds. The van der Waals surface area contributed by atoms with Crippen molar-refractivity contribution in [3.63, 3.8) is 0 Å². The van der Waals surface area contributed by atoms with Crippen molar-refractivity contribution in [3.05, 3.63) is 66.0 Å². The Kier molecular flexibility index (Phi) is 3.21. The van der Waals surface area contributed by atoms with Gasteiger partial charge in [-0.2, -0.15) is 10.5 Å². The Bertz CT molecular complexity index is 901. The summed E-state index contributed by atoms with van der Waals surface area (Å²) in [7, 11) is 0. The Morgan fingerprint density at radius 2 is 1.81 bits per heavy atom. The average molecular weight is 270 g/mol. The Labute approximate surface area is 121 Å². The molecule has 0 fully saturated rings. The van der Waals surface area contributed by atoms with Crippen molar-refractivity contribution >= 4 is 22.1 Å². The Morgan fingerprint density at radius 3 is 2.62 bits per heavy atom. The van der Waals surface area contributed by atoms with Crippen molar-refractivity contribution in [2.75, 3.05) is 5.32 Å². The largest absolute Gasteiger partial charge is 0.354 e. The summed E-state index contributed by atoms with van der Waals surface area (Å²) in [4.78, 5) is 4.08. The molecule has 0 saturated heterocycles. The number of rotatable bonds is 2. The first-order valence-electron chi connectivity index (χ1n) is 6.35. The van der Waals surface area contributed by atoms with Gasteiger partial charge in [-0.25, -0.2) is 0 Å². The molecule has 1 heterocycles. The average Bonchev–Trinajstić information content (AvgIpc) is 2.55. The molecule has 0 aliphatic rings. The molecule has 0 unspecified atom stereocenters. The van der Waals surface area contributed by atoms with Crippen LogP contribution in [0, 0.1) is 22.7 Å². The quantitative estimate of drug-likeness (QED) is 0.770. The van der Waals surface area contributed by atoms with Crippen LogP contribution >= 0.6 is 0 Å². The minimum Gasteiger partial charge on any atom is -0.354 e. The van der Waals surface area contributed by atoms with Gasteiger partial charge in [0.1, 0.15) is 6.07 Å². The molecule has 4 heteroatoms. The van der Waals surface area contributed by atoms with Crippen LogP contribution in [0.4, 0.5) is 11.4 Å². The highest BCUT2D eigenvalue weighted by atomic mass is 14.9. The number of hydrogen-bond donors (Lipinski definition) is 1. The number of aromatic nitrogens is 1. The van der Waals surface area contributed by atoms with Crippen LogP contribution in [-0.4, -0.2) is 4.98 Å². The van der Waals surface area contributed by atoms with Gasteiger partial charge in [-0.05, 0) is 41.8 Å². The van der Waals surface area contributed by atoms with Crippen LogP contribution in [0.25, 0.3) is 10.8 Å². The maximum absolute atomic E-state index is 9.18. The molecule has 98 valence electrons. The maximum Gasteiger partial charge on any atom is 0.101 e. The second-order valence-corrected chi connectivity index (χ2v) is 4.55. The number of nitrogens with one attached hydrogen (secondary N) is 1. The lowest BCUT2D eigenvalue weighted by Crippen LogP contribution is -1.94. The molecule has 0 radical (unpaired) electrons. The molecule has 21 heavy (non-hydrogen) atoms. The number of benzene rings is 2. The Morgan fingerprint density at radius 1 is 0.905 bits per heavy atom. The molecule has 0 bridgehead atoms. The molecule has 3 aromatic rings. The summed E-state index contributed by atoms with van der Waals surface area (Å²) in [5.74, 6) is 0. The van der Waals surface area contributed by atoms with Crippen LogP contribution in [0.1, 0.15) is 11.1 Å². The summed E-state index contributed by atoms with van der Waals surface area (Å²) in [6.07, 6.45) is 3.55. The molecular formula is C17H10N4. The smallest absolute Gasteiger partial charge is 0.101 e. The van der Waals surface area contributed by atoms with E-state index in [-0.39, 0.29) is 0 Å². The lowest BCUT2D eigenvalue weighted by molar-refractivity contribution is 1.36. The highest BCUT2D eigenvalue weighted by molar-refractivity contribution is 5.86. The minimum atomic E-state index is 0.448. The lowest BCUT2D eigenvalue weighted by Gasteiger charge is -2.09. The predicted octanol–water partition coefficient (Wildman–Crippen LogP) is 3.72. The molecule has 0 aliphatic carbocycles. The third kappa shape index (κ3) is 2.51.